The summed E-state index contributed by atoms with van der Waals surface area (Å²) in [5.41, 5.74) is 4.93. The van der Waals surface area contributed by atoms with Crippen LogP contribution in [-0.2, 0) is 6.61 Å². The van der Waals surface area contributed by atoms with E-state index in [1.165, 1.54) is 0 Å². The highest BCUT2D eigenvalue weighted by molar-refractivity contribution is 5.58. The predicted molar refractivity (Wildman–Crippen MR) is 95.6 cm³/mol. The number of aryl methyl sites for hydroxylation is 1. The van der Waals surface area contributed by atoms with Crippen molar-refractivity contribution in [3.8, 4) is 17.3 Å². The van der Waals surface area contributed by atoms with E-state index in [2.05, 4.69) is 9.97 Å². The van der Waals surface area contributed by atoms with Gasteiger partial charge in [0.05, 0.1) is 11.4 Å². The van der Waals surface area contributed by atoms with E-state index in [4.69, 9.17) is 10.6 Å². The molecule has 0 fully saturated rings. The maximum Gasteiger partial charge on any atom is 0.317 e. The second kappa shape index (κ2) is 7.10. The highest BCUT2D eigenvalue weighted by Gasteiger charge is 2.10. The zero-order chi connectivity index (χ0) is 16.9. The van der Waals surface area contributed by atoms with Crippen LogP contribution in [0.25, 0.3) is 11.3 Å². The van der Waals surface area contributed by atoms with Crippen molar-refractivity contribution in [2.75, 3.05) is 12.1 Å². The molecule has 2 aromatic carbocycles. The molecule has 0 unspecified atom stereocenters. The summed E-state index contributed by atoms with van der Waals surface area (Å²) in [6, 6.07) is 18.2. The summed E-state index contributed by atoms with van der Waals surface area (Å²) in [5.74, 6) is 5.90. The Kier molecular flexibility index (Phi) is 4.72. The lowest BCUT2D eigenvalue weighted by atomic mass is 10.1. The number of hydrogen-bond donors (Lipinski definition) is 1. The Bertz CT molecular complexity index is 819. The third-order valence-electron chi connectivity index (χ3n) is 3.81. The molecule has 2 N–H and O–H groups in total. The van der Waals surface area contributed by atoms with E-state index in [1.807, 2.05) is 68.6 Å². The van der Waals surface area contributed by atoms with Crippen LogP contribution in [0, 0.1) is 6.92 Å². The van der Waals surface area contributed by atoms with Crippen molar-refractivity contribution in [1.82, 2.24) is 9.97 Å². The average molecular weight is 320 g/mol. The third-order valence-corrected chi connectivity index (χ3v) is 3.81. The normalized spacial score (nSPS) is 10.5. The lowest BCUT2D eigenvalue weighted by Crippen LogP contribution is -2.26. The van der Waals surface area contributed by atoms with Crippen molar-refractivity contribution in [2.24, 2.45) is 5.84 Å². The first kappa shape index (κ1) is 16.0. The Morgan fingerprint density at radius 3 is 2.58 bits per heavy atom. The molecule has 0 spiro atoms. The van der Waals surface area contributed by atoms with Crippen LogP contribution < -0.4 is 15.6 Å². The van der Waals surface area contributed by atoms with Crippen molar-refractivity contribution in [2.45, 2.75) is 13.5 Å². The maximum absolute atomic E-state index is 5.90. The van der Waals surface area contributed by atoms with Crippen molar-refractivity contribution in [3.63, 3.8) is 0 Å². The lowest BCUT2D eigenvalue weighted by molar-refractivity contribution is 0.280. The monoisotopic (exact) mass is 320 g/mol. The highest BCUT2D eigenvalue weighted by Crippen LogP contribution is 2.23. The van der Waals surface area contributed by atoms with Crippen LogP contribution >= 0.6 is 0 Å². The minimum atomic E-state index is 0.352. The van der Waals surface area contributed by atoms with Gasteiger partial charge in [-0.2, -0.15) is 4.98 Å². The third kappa shape index (κ3) is 3.52. The van der Waals surface area contributed by atoms with Gasteiger partial charge in [-0.1, -0.05) is 42.5 Å². The van der Waals surface area contributed by atoms with Gasteiger partial charge >= 0.3 is 6.01 Å². The van der Waals surface area contributed by atoms with Gasteiger partial charge in [-0.05, 0) is 24.6 Å². The minimum absolute atomic E-state index is 0.352. The summed E-state index contributed by atoms with van der Waals surface area (Å²) < 4.78 is 5.82. The number of rotatable bonds is 5. The number of aromatic nitrogens is 2. The Morgan fingerprint density at radius 2 is 1.83 bits per heavy atom. The number of ether oxygens (including phenoxy) is 1. The zero-order valence-corrected chi connectivity index (χ0v) is 13.8. The molecule has 3 aromatic rings. The molecule has 0 aliphatic heterocycles. The number of benzene rings is 2. The molecule has 1 heterocycles. The smallest absolute Gasteiger partial charge is 0.317 e. The van der Waals surface area contributed by atoms with Crippen LogP contribution in [-0.4, -0.2) is 17.0 Å². The predicted octanol–water partition coefficient (Wildman–Crippen LogP) is 3.34. The van der Waals surface area contributed by atoms with Crippen molar-refractivity contribution >= 4 is 5.69 Å². The number of nitrogens with zero attached hydrogens (tertiary/aromatic N) is 3. The highest BCUT2D eigenvalue weighted by atomic mass is 16.5. The van der Waals surface area contributed by atoms with E-state index < -0.39 is 0 Å². The van der Waals surface area contributed by atoms with E-state index in [0.717, 1.165) is 28.1 Å². The first-order valence-electron chi connectivity index (χ1n) is 7.73. The molecule has 0 bridgehead atoms. The maximum atomic E-state index is 5.90. The topological polar surface area (TPSA) is 64.3 Å². The number of hydrazine groups is 1. The largest absolute Gasteiger partial charge is 0.458 e. The molecule has 24 heavy (non-hydrogen) atoms. The van der Waals surface area contributed by atoms with Gasteiger partial charge in [0.15, 0.2) is 0 Å². The Labute approximate surface area is 141 Å². The van der Waals surface area contributed by atoms with Gasteiger partial charge in [0.2, 0.25) is 0 Å². The Hall–Kier alpha value is -2.92. The number of nitrogens with two attached hydrogens (primary N) is 1. The minimum Gasteiger partial charge on any atom is -0.458 e. The molecule has 0 saturated heterocycles. The summed E-state index contributed by atoms with van der Waals surface area (Å²) in [7, 11) is 1.81. The van der Waals surface area contributed by atoms with Crippen LogP contribution in [0.2, 0.25) is 0 Å². The molecule has 0 radical (unpaired) electrons. The second-order valence-corrected chi connectivity index (χ2v) is 5.56. The summed E-state index contributed by atoms with van der Waals surface area (Å²) in [5, 5.41) is 1.59. The van der Waals surface area contributed by atoms with Gasteiger partial charge in [0.25, 0.3) is 0 Å². The fourth-order valence-corrected chi connectivity index (χ4v) is 2.52. The molecule has 5 heteroatoms. The van der Waals surface area contributed by atoms with Gasteiger partial charge in [0.1, 0.15) is 6.61 Å². The van der Waals surface area contributed by atoms with Gasteiger partial charge in [-0.25, -0.2) is 10.8 Å². The van der Waals surface area contributed by atoms with E-state index in [-0.39, 0.29) is 0 Å². The number of anilines is 1. The van der Waals surface area contributed by atoms with Crippen LogP contribution in [0.1, 0.15) is 11.1 Å². The van der Waals surface area contributed by atoms with E-state index >= 15 is 0 Å². The van der Waals surface area contributed by atoms with Crippen molar-refractivity contribution < 1.29 is 4.74 Å². The fourth-order valence-electron chi connectivity index (χ4n) is 2.52. The van der Waals surface area contributed by atoms with Crippen LogP contribution in [0.3, 0.4) is 0 Å². The summed E-state index contributed by atoms with van der Waals surface area (Å²) >= 11 is 0. The zero-order valence-electron chi connectivity index (χ0n) is 13.8. The first-order chi connectivity index (χ1) is 11.6. The van der Waals surface area contributed by atoms with E-state index in [9.17, 15) is 0 Å². The average Bonchev–Trinajstić information content (AvgIpc) is 2.61. The molecular weight excluding hydrogens is 300 g/mol. The first-order valence-corrected chi connectivity index (χ1v) is 7.73. The van der Waals surface area contributed by atoms with Gasteiger partial charge in [-0.3, -0.25) is 0 Å². The lowest BCUT2D eigenvalue weighted by Gasteiger charge is -2.18. The standard InChI is InChI=1S/C19H20N4O/c1-14-7-6-10-18(23(2)20)16(14)13-24-19-21-12-11-17(22-19)15-8-4-3-5-9-15/h3-12H,13,20H2,1-2H3. The molecule has 0 saturated carbocycles. The van der Waals surface area contributed by atoms with Gasteiger partial charge < -0.3 is 9.75 Å². The van der Waals surface area contributed by atoms with Gasteiger partial charge in [0, 0.05) is 24.4 Å². The molecule has 0 atom stereocenters. The molecule has 0 amide bonds. The SMILES string of the molecule is Cc1cccc(N(C)N)c1COc1nccc(-c2ccccc2)n1. The summed E-state index contributed by atoms with van der Waals surface area (Å²) in [6.45, 7) is 2.40. The van der Waals surface area contributed by atoms with E-state index in [0.29, 0.717) is 12.6 Å². The molecule has 1 aromatic heterocycles. The Morgan fingerprint density at radius 1 is 1.04 bits per heavy atom. The van der Waals surface area contributed by atoms with Crippen molar-refractivity contribution in [1.29, 1.82) is 0 Å². The van der Waals surface area contributed by atoms with Crippen LogP contribution in [0.5, 0.6) is 6.01 Å². The quantitative estimate of drug-likeness (QED) is 0.577. The van der Waals surface area contributed by atoms with Crippen LogP contribution in [0.4, 0.5) is 5.69 Å². The molecule has 0 aliphatic rings. The fraction of sp³-hybridized carbons (Fsp3) is 0.158. The van der Waals surface area contributed by atoms with Crippen molar-refractivity contribution in [3.05, 3.63) is 71.9 Å². The molecule has 122 valence electrons. The summed E-state index contributed by atoms with van der Waals surface area (Å²) in [6.07, 6.45) is 1.71. The van der Waals surface area contributed by atoms with Gasteiger partial charge in [-0.15, -0.1) is 0 Å². The van der Waals surface area contributed by atoms with Crippen LogP contribution in [0.15, 0.2) is 60.8 Å². The van der Waals surface area contributed by atoms with E-state index in [1.54, 1.807) is 11.2 Å². The Balaban J connectivity index is 1.81. The number of hydrogen-bond acceptors (Lipinski definition) is 5. The molecule has 0 aliphatic carbocycles. The molecular formula is C19H20N4O. The molecule has 5 nitrogen and oxygen atoms in total. The molecule has 3 rings (SSSR count). The summed E-state index contributed by atoms with van der Waals surface area (Å²) in [4.78, 5) is 8.69. The second-order valence-electron chi connectivity index (χ2n) is 5.56.